The first kappa shape index (κ1) is 15.3. The van der Waals surface area contributed by atoms with Crippen LogP contribution in [0.15, 0.2) is 0 Å². The molecule has 0 radical (unpaired) electrons. The van der Waals surface area contributed by atoms with Gasteiger partial charge in [0.1, 0.15) is 0 Å². The summed E-state index contributed by atoms with van der Waals surface area (Å²) in [5.41, 5.74) is 0. The summed E-state index contributed by atoms with van der Waals surface area (Å²) < 4.78 is 22.8. The molecule has 0 aromatic carbocycles. The summed E-state index contributed by atoms with van der Waals surface area (Å²) in [4.78, 5) is 2.24. The summed E-state index contributed by atoms with van der Waals surface area (Å²) in [5.74, 6) is 0.754. The van der Waals surface area contributed by atoms with E-state index in [9.17, 15) is 8.42 Å². The summed E-state index contributed by atoms with van der Waals surface area (Å²) in [6.07, 6.45) is 8.58. The summed E-state index contributed by atoms with van der Waals surface area (Å²) in [7, 11) is -0.666. The molecule has 1 heterocycles. The fourth-order valence-electron chi connectivity index (χ4n) is 2.74. The minimum atomic E-state index is -2.74. The number of nitrogens with zero attached hydrogens (tertiary/aromatic N) is 1. The Morgan fingerprint density at radius 3 is 2.47 bits per heavy atom. The smallest absolute Gasteiger partial charge is 0.151 e. The molecule has 19 heavy (non-hydrogen) atoms. The van der Waals surface area contributed by atoms with Crippen LogP contribution in [0.1, 0.15) is 44.9 Å². The van der Waals surface area contributed by atoms with Gasteiger partial charge in [-0.25, -0.2) is 8.42 Å². The Balaban J connectivity index is 1.46. The molecular weight excluding hydrogens is 260 g/mol. The second kappa shape index (κ2) is 7.04. The van der Waals surface area contributed by atoms with Crippen LogP contribution < -0.4 is 5.32 Å². The number of sulfone groups is 1. The highest BCUT2D eigenvalue weighted by atomic mass is 32.2. The number of unbranched alkanes of at least 4 members (excludes halogenated alkanes) is 3. The van der Waals surface area contributed by atoms with Gasteiger partial charge in [0.05, 0.1) is 11.5 Å². The van der Waals surface area contributed by atoms with Crippen LogP contribution in [0.4, 0.5) is 0 Å². The van der Waals surface area contributed by atoms with E-state index in [0.29, 0.717) is 11.5 Å². The molecule has 0 aromatic rings. The van der Waals surface area contributed by atoms with Gasteiger partial charge in [0.25, 0.3) is 0 Å². The zero-order valence-electron chi connectivity index (χ0n) is 12.1. The lowest BCUT2D eigenvalue weighted by molar-refractivity contribution is 0.256. The summed E-state index contributed by atoms with van der Waals surface area (Å²) in [6, 6.07) is 1.09. The maximum absolute atomic E-state index is 11.4. The van der Waals surface area contributed by atoms with E-state index in [1.165, 1.54) is 45.1 Å². The van der Waals surface area contributed by atoms with Crippen molar-refractivity contribution in [3.63, 3.8) is 0 Å². The number of hydrogen-bond donors (Lipinski definition) is 1. The number of nitrogens with one attached hydrogen (secondary N) is 1. The molecule has 112 valence electrons. The van der Waals surface area contributed by atoms with Crippen LogP contribution in [0.2, 0.25) is 0 Å². The lowest BCUT2D eigenvalue weighted by Gasteiger charge is -2.22. The molecule has 1 saturated carbocycles. The average molecular weight is 288 g/mol. The first-order valence-electron chi connectivity index (χ1n) is 7.71. The monoisotopic (exact) mass is 288 g/mol. The fraction of sp³-hybridized carbons (Fsp3) is 1.00. The minimum absolute atomic E-state index is 0.265. The molecule has 1 aliphatic carbocycles. The van der Waals surface area contributed by atoms with E-state index in [1.54, 1.807) is 0 Å². The van der Waals surface area contributed by atoms with Crippen LogP contribution in [-0.4, -0.2) is 57.0 Å². The maximum Gasteiger partial charge on any atom is 0.151 e. The first-order chi connectivity index (χ1) is 9.07. The molecule has 0 amide bonds. The maximum atomic E-state index is 11.4. The highest BCUT2D eigenvalue weighted by Crippen LogP contribution is 2.19. The zero-order valence-corrected chi connectivity index (χ0v) is 12.9. The average Bonchev–Trinajstić information content (AvgIpc) is 3.10. The van der Waals surface area contributed by atoms with Crippen molar-refractivity contribution in [2.24, 2.45) is 0 Å². The fourth-order valence-corrected chi connectivity index (χ4v) is 4.54. The lowest BCUT2D eigenvalue weighted by atomic mass is 10.1. The van der Waals surface area contributed by atoms with Crippen LogP contribution in [-0.2, 0) is 9.84 Å². The third kappa shape index (κ3) is 5.79. The van der Waals surface area contributed by atoms with Crippen molar-refractivity contribution in [3.05, 3.63) is 0 Å². The molecule has 1 saturated heterocycles. The van der Waals surface area contributed by atoms with Gasteiger partial charge in [-0.3, -0.25) is 0 Å². The second-order valence-corrected chi connectivity index (χ2v) is 8.41. The van der Waals surface area contributed by atoms with E-state index >= 15 is 0 Å². The standard InChI is InChI=1S/C14H28N2O2S/c1-16(14-8-11-19(17,18)12-14)10-5-3-2-4-9-15-13-6-7-13/h13-15H,2-12H2,1H3. The first-order valence-corrected chi connectivity index (χ1v) is 9.53. The Labute approximate surface area is 117 Å². The Bertz CT molecular complexity index is 366. The van der Waals surface area contributed by atoms with Gasteiger partial charge in [-0.1, -0.05) is 12.8 Å². The van der Waals surface area contributed by atoms with Gasteiger partial charge in [0, 0.05) is 12.1 Å². The van der Waals surface area contributed by atoms with E-state index in [-0.39, 0.29) is 6.04 Å². The summed E-state index contributed by atoms with van der Waals surface area (Å²) in [6.45, 7) is 2.21. The van der Waals surface area contributed by atoms with Crippen LogP contribution >= 0.6 is 0 Å². The lowest BCUT2D eigenvalue weighted by Crippen LogP contribution is -2.33. The van der Waals surface area contributed by atoms with Crippen molar-refractivity contribution in [2.75, 3.05) is 31.6 Å². The predicted octanol–water partition coefficient (Wildman–Crippen LogP) is 1.42. The zero-order chi connectivity index (χ0) is 13.7. The van der Waals surface area contributed by atoms with Gasteiger partial charge in [0.15, 0.2) is 9.84 Å². The molecule has 2 fully saturated rings. The van der Waals surface area contributed by atoms with E-state index in [2.05, 4.69) is 17.3 Å². The van der Waals surface area contributed by atoms with Crippen molar-refractivity contribution in [2.45, 2.75) is 57.0 Å². The van der Waals surface area contributed by atoms with Gasteiger partial charge in [0.2, 0.25) is 0 Å². The Morgan fingerprint density at radius 2 is 1.84 bits per heavy atom. The highest BCUT2D eigenvalue weighted by molar-refractivity contribution is 7.91. The van der Waals surface area contributed by atoms with Crippen LogP contribution in [0.3, 0.4) is 0 Å². The molecule has 1 aliphatic heterocycles. The van der Waals surface area contributed by atoms with Crippen LogP contribution in [0.25, 0.3) is 0 Å². The Morgan fingerprint density at radius 1 is 1.11 bits per heavy atom. The molecule has 0 aromatic heterocycles. The van der Waals surface area contributed by atoms with E-state index in [1.807, 2.05) is 0 Å². The van der Waals surface area contributed by atoms with Crippen molar-refractivity contribution < 1.29 is 8.42 Å². The van der Waals surface area contributed by atoms with E-state index in [0.717, 1.165) is 19.0 Å². The van der Waals surface area contributed by atoms with Gasteiger partial charge >= 0.3 is 0 Å². The molecule has 5 heteroatoms. The molecule has 0 spiro atoms. The molecular formula is C14H28N2O2S. The van der Waals surface area contributed by atoms with Gasteiger partial charge in [-0.2, -0.15) is 0 Å². The molecule has 2 rings (SSSR count). The third-order valence-corrected chi connectivity index (χ3v) is 6.03. The molecule has 2 aliphatic rings. The Kier molecular flexibility index (Phi) is 5.66. The van der Waals surface area contributed by atoms with Gasteiger partial charge in [-0.05, 0) is 52.2 Å². The summed E-state index contributed by atoms with van der Waals surface area (Å²) in [5, 5.41) is 3.53. The van der Waals surface area contributed by atoms with Crippen LogP contribution in [0, 0.1) is 0 Å². The van der Waals surface area contributed by atoms with Crippen molar-refractivity contribution in [1.29, 1.82) is 0 Å². The number of hydrogen-bond acceptors (Lipinski definition) is 4. The minimum Gasteiger partial charge on any atom is -0.314 e. The van der Waals surface area contributed by atoms with Gasteiger partial charge in [-0.15, -0.1) is 0 Å². The van der Waals surface area contributed by atoms with E-state index in [4.69, 9.17) is 0 Å². The topological polar surface area (TPSA) is 49.4 Å². The normalized spacial score (nSPS) is 26.1. The SMILES string of the molecule is CN(CCCCCCNC1CC1)C1CCS(=O)(=O)C1. The molecule has 1 atom stereocenters. The Hall–Kier alpha value is -0.130. The molecule has 1 unspecified atom stereocenters. The van der Waals surface area contributed by atoms with E-state index < -0.39 is 9.84 Å². The van der Waals surface area contributed by atoms with Crippen LogP contribution in [0.5, 0.6) is 0 Å². The quantitative estimate of drug-likeness (QED) is 0.652. The molecule has 0 bridgehead atoms. The largest absolute Gasteiger partial charge is 0.314 e. The van der Waals surface area contributed by atoms with Crippen molar-refractivity contribution >= 4 is 9.84 Å². The molecule has 4 nitrogen and oxygen atoms in total. The van der Waals surface area contributed by atoms with Crippen molar-refractivity contribution in [1.82, 2.24) is 10.2 Å². The van der Waals surface area contributed by atoms with Crippen molar-refractivity contribution in [3.8, 4) is 0 Å². The second-order valence-electron chi connectivity index (χ2n) is 6.18. The van der Waals surface area contributed by atoms with Gasteiger partial charge < -0.3 is 10.2 Å². The number of rotatable bonds is 9. The highest BCUT2D eigenvalue weighted by Gasteiger charge is 2.30. The summed E-state index contributed by atoms with van der Waals surface area (Å²) >= 11 is 0. The predicted molar refractivity (Wildman–Crippen MR) is 79.2 cm³/mol. The molecule has 1 N–H and O–H groups in total. The third-order valence-electron chi connectivity index (χ3n) is 4.28.